The molecule has 1 aromatic carbocycles. The lowest BCUT2D eigenvalue weighted by atomic mass is 10.1. The molecule has 1 unspecified atom stereocenters. The predicted octanol–water partition coefficient (Wildman–Crippen LogP) is 1.61. The molecule has 0 spiro atoms. The highest BCUT2D eigenvalue weighted by molar-refractivity contribution is 5.28. The number of hydrogen-bond donors (Lipinski definition) is 3. The Balaban J connectivity index is 1.83. The average Bonchev–Trinajstić information content (AvgIpc) is 2.40. The molecule has 0 radical (unpaired) electrons. The third kappa shape index (κ3) is 3.55. The molecular weight excluding hydrogens is 228 g/mol. The van der Waals surface area contributed by atoms with Gasteiger partial charge in [-0.05, 0) is 35.4 Å². The first-order chi connectivity index (χ1) is 8.75. The molecule has 1 heterocycles. The fraction of sp³-hybridized carbons (Fsp3) is 0.214. The first-order valence-corrected chi connectivity index (χ1v) is 5.82. The SMILES string of the molecule is Oc1cccc(C(O)CNCc2ccncc2)c1. The molecule has 4 nitrogen and oxygen atoms in total. The summed E-state index contributed by atoms with van der Waals surface area (Å²) in [5.41, 5.74) is 1.82. The summed E-state index contributed by atoms with van der Waals surface area (Å²) >= 11 is 0. The number of aliphatic hydroxyl groups excluding tert-OH is 1. The van der Waals surface area contributed by atoms with E-state index >= 15 is 0 Å². The Morgan fingerprint density at radius 3 is 2.67 bits per heavy atom. The molecule has 94 valence electrons. The highest BCUT2D eigenvalue weighted by Gasteiger charge is 2.07. The van der Waals surface area contributed by atoms with Crippen LogP contribution < -0.4 is 5.32 Å². The zero-order valence-corrected chi connectivity index (χ0v) is 9.95. The van der Waals surface area contributed by atoms with Crippen LogP contribution in [0, 0.1) is 0 Å². The van der Waals surface area contributed by atoms with Crippen molar-refractivity contribution in [2.45, 2.75) is 12.6 Å². The number of rotatable bonds is 5. The van der Waals surface area contributed by atoms with Crippen molar-refractivity contribution in [1.82, 2.24) is 10.3 Å². The Morgan fingerprint density at radius 2 is 1.94 bits per heavy atom. The average molecular weight is 244 g/mol. The number of pyridine rings is 1. The molecule has 2 rings (SSSR count). The second-order valence-corrected chi connectivity index (χ2v) is 4.10. The van der Waals surface area contributed by atoms with Crippen molar-refractivity contribution in [2.75, 3.05) is 6.54 Å². The molecular formula is C14H16N2O2. The quantitative estimate of drug-likeness (QED) is 0.747. The van der Waals surface area contributed by atoms with Crippen molar-refractivity contribution >= 4 is 0 Å². The van der Waals surface area contributed by atoms with Crippen LogP contribution in [0.25, 0.3) is 0 Å². The van der Waals surface area contributed by atoms with Crippen LogP contribution in [0.1, 0.15) is 17.2 Å². The van der Waals surface area contributed by atoms with Crippen LogP contribution in [0.2, 0.25) is 0 Å². The zero-order valence-electron chi connectivity index (χ0n) is 9.95. The summed E-state index contributed by atoms with van der Waals surface area (Å²) in [5.74, 6) is 0.167. The molecule has 2 aromatic rings. The van der Waals surface area contributed by atoms with E-state index in [1.165, 1.54) is 0 Å². The van der Waals surface area contributed by atoms with Gasteiger partial charge in [-0.2, -0.15) is 0 Å². The van der Waals surface area contributed by atoms with Gasteiger partial charge in [0.25, 0.3) is 0 Å². The molecule has 4 heteroatoms. The Hall–Kier alpha value is -1.91. The van der Waals surface area contributed by atoms with Gasteiger partial charge in [-0.1, -0.05) is 12.1 Å². The standard InChI is InChI=1S/C14H16N2O2/c17-13-3-1-2-12(8-13)14(18)10-16-9-11-4-6-15-7-5-11/h1-8,14,16-18H,9-10H2. The van der Waals surface area contributed by atoms with E-state index in [0.717, 1.165) is 5.56 Å². The van der Waals surface area contributed by atoms with Crippen molar-refractivity contribution in [3.63, 3.8) is 0 Å². The van der Waals surface area contributed by atoms with E-state index in [4.69, 9.17) is 0 Å². The van der Waals surface area contributed by atoms with Crippen LogP contribution in [0.5, 0.6) is 5.75 Å². The number of aliphatic hydroxyl groups is 1. The highest BCUT2D eigenvalue weighted by atomic mass is 16.3. The third-order valence-corrected chi connectivity index (χ3v) is 2.67. The van der Waals surface area contributed by atoms with Crippen molar-refractivity contribution in [3.8, 4) is 5.75 Å². The Bertz CT molecular complexity index is 488. The van der Waals surface area contributed by atoms with Gasteiger partial charge >= 0.3 is 0 Å². The highest BCUT2D eigenvalue weighted by Crippen LogP contribution is 2.17. The van der Waals surface area contributed by atoms with Crippen LogP contribution in [0.3, 0.4) is 0 Å². The van der Waals surface area contributed by atoms with Crippen LogP contribution in [0.4, 0.5) is 0 Å². The van der Waals surface area contributed by atoms with Crippen molar-refractivity contribution in [3.05, 3.63) is 59.9 Å². The summed E-state index contributed by atoms with van der Waals surface area (Å²) in [7, 11) is 0. The first-order valence-electron chi connectivity index (χ1n) is 5.82. The number of hydrogen-bond acceptors (Lipinski definition) is 4. The summed E-state index contributed by atoms with van der Waals surface area (Å²) in [6.07, 6.45) is 2.85. The first kappa shape index (κ1) is 12.5. The van der Waals surface area contributed by atoms with Gasteiger partial charge in [0.2, 0.25) is 0 Å². The number of aromatic hydroxyl groups is 1. The Morgan fingerprint density at radius 1 is 1.17 bits per heavy atom. The van der Waals surface area contributed by atoms with E-state index in [0.29, 0.717) is 18.7 Å². The van der Waals surface area contributed by atoms with E-state index in [1.807, 2.05) is 12.1 Å². The Labute approximate surface area is 106 Å². The van der Waals surface area contributed by atoms with Gasteiger partial charge in [-0.25, -0.2) is 0 Å². The van der Waals surface area contributed by atoms with Crippen LogP contribution in [0.15, 0.2) is 48.8 Å². The number of phenolic OH excluding ortho intramolecular Hbond substituents is 1. The second-order valence-electron chi connectivity index (χ2n) is 4.10. The maximum absolute atomic E-state index is 9.94. The normalized spacial score (nSPS) is 12.3. The lowest BCUT2D eigenvalue weighted by Gasteiger charge is -2.12. The number of nitrogens with one attached hydrogen (secondary N) is 1. The topological polar surface area (TPSA) is 65.4 Å². The summed E-state index contributed by atoms with van der Waals surface area (Å²) in [5, 5.41) is 22.4. The van der Waals surface area contributed by atoms with E-state index in [9.17, 15) is 10.2 Å². The fourth-order valence-electron chi connectivity index (χ4n) is 1.70. The minimum Gasteiger partial charge on any atom is -0.508 e. The minimum atomic E-state index is -0.626. The van der Waals surface area contributed by atoms with Gasteiger partial charge in [0.1, 0.15) is 5.75 Å². The van der Waals surface area contributed by atoms with E-state index < -0.39 is 6.10 Å². The van der Waals surface area contributed by atoms with Crippen molar-refractivity contribution in [1.29, 1.82) is 0 Å². The number of phenols is 1. The molecule has 0 aliphatic heterocycles. The molecule has 0 saturated carbocycles. The predicted molar refractivity (Wildman–Crippen MR) is 69.0 cm³/mol. The minimum absolute atomic E-state index is 0.167. The third-order valence-electron chi connectivity index (χ3n) is 2.67. The van der Waals surface area contributed by atoms with Crippen LogP contribution in [-0.4, -0.2) is 21.7 Å². The van der Waals surface area contributed by atoms with Gasteiger partial charge in [0.05, 0.1) is 6.10 Å². The molecule has 18 heavy (non-hydrogen) atoms. The maximum Gasteiger partial charge on any atom is 0.115 e. The summed E-state index contributed by atoms with van der Waals surface area (Å²) in [6.45, 7) is 1.12. The monoisotopic (exact) mass is 244 g/mol. The molecule has 0 fully saturated rings. The van der Waals surface area contributed by atoms with Crippen molar-refractivity contribution < 1.29 is 10.2 Å². The Kier molecular flexibility index (Phi) is 4.28. The number of nitrogens with zero attached hydrogens (tertiary/aromatic N) is 1. The number of benzene rings is 1. The van der Waals surface area contributed by atoms with E-state index in [1.54, 1.807) is 36.7 Å². The van der Waals surface area contributed by atoms with Gasteiger partial charge in [0, 0.05) is 25.5 Å². The summed E-state index contributed by atoms with van der Waals surface area (Å²) in [6, 6.07) is 10.5. The molecule has 0 aliphatic carbocycles. The van der Waals surface area contributed by atoms with Crippen molar-refractivity contribution in [2.24, 2.45) is 0 Å². The van der Waals surface area contributed by atoms with E-state index in [2.05, 4.69) is 10.3 Å². The van der Waals surface area contributed by atoms with Crippen LogP contribution >= 0.6 is 0 Å². The summed E-state index contributed by atoms with van der Waals surface area (Å²) in [4.78, 5) is 3.94. The van der Waals surface area contributed by atoms with Gasteiger partial charge in [-0.15, -0.1) is 0 Å². The molecule has 3 N–H and O–H groups in total. The maximum atomic E-state index is 9.94. The molecule has 0 aliphatic rings. The van der Waals surface area contributed by atoms with Gasteiger partial charge in [0.15, 0.2) is 0 Å². The van der Waals surface area contributed by atoms with Gasteiger partial charge in [-0.3, -0.25) is 4.98 Å². The molecule has 1 atom stereocenters. The molecule has 0 amide bonds. The molecule has 1 aromatic heterocycles. The van der Waals surface area contributed by atoms with Gasteiger partial charge < -0.3 is 15.5 Å². The second kappa shape index (κ2) is 6.14. The summed E-state index contributed by atoms with van der Waals surface area (Å²) < 4.78 is 0. The van der Waals surface area contributed by atoms with E-state index in [-0.39, 0.29) is 5.75 Å². The lowest BCUT2D eigenvalue weighted by Crippen LogP contribution is -2.21. The molecule has 0 saturated heterocycles. The smallest absolute Gasteiger partial charge is 0.115 e. The van der Waals surface area contributed by atoms with Crippen LogP contribution in [-0.2, 0) is 6.54 Å². The zero-order chi connectivity index (χ0) is 12.8. The number of aromatic nitrogens is 1. The lowest BCUT2D eigenvalue weighted by molar-refractivity contribution is 0.174. The molecule has 0 bridgehead atoms. The largest absolute Gasteiger partial charge is 0.508 e. The fourth-order valence-corrected chi connectivity index (χ4v) is 1.70.